The van der Waals surface area contributed by atoms with Crippen molar-refractivity contribution in [2.75, 3.05) is 5.32 Å². The summed E-state index contributed by atoms with van der Waals surface area (Å²) in [5, 5.41) is 13.0. The highest BCUT2D eigenvalue weighted by Crippen LogP contribution is 2.34. The summed E-state index contributed by atoms with van der Waals surface area (Å²) in [6, 6.07) is 6.61. The number of benzene rings is 1. The molecule has 0 bridgehead atoms. The van der Waals surface area contributed by atoms with Crippen LogP contribution in [-0.4, -0.2) is 5.91 Å². The molecule has 1 N–H and O–H groups in total. The third kappa shape index (κ3) is 3.43. The first-order valence-electron chi connectivity index (χ1n) is 5.48. The molecule has 2 aromatic rings. The lowest BCUT2D eigenvalue weighted by Gasteiger charge is -2.13. The minimum Gasteiger partial charge on any atom is -0.312 e. The molecule has 0 radical (unpaired) electrons. The number of alkyl halides is 3. The number of thiophene rings is 1. The van der Waals surface area contributed by atoms with Crippen molar-refractivity contribution < 1.29 is 18.0 Å². The number of halogens is 4. The van der Waals surface area contributed by atoms with Crippen molar-refractivity contribution in [3.8, 4) is 6.07 Å². The molecule has 0 spiro atoms. The number of nitriles is 1. The van der Waals surface area contributed by atoms with Crippen LogP contribution in [0.25, 0.3) is 0 Å². The third-order valence-corrected chi connectivity index (χ3v) is 3.87. The Labute approximate surface area is 130 Å². The first-order chi connectivity index (χ1) is 9.82. The van der Waals surface area contributed by atoms with Gasteiger partial charge in [0.25, 0.3) is 5.91 Å². The second-order valence-corrected chi connectivity index (χ2v) is 5.75. The number of amides is 1. The molecule has 1 amide bonds. The Bertz CT molecular complexity index is 734. The first kappa shape index (κ1) is 15.5. The van der Waals surface area contributed by atoms with Crippen molar-refractivity contribution in [3.63, 3.8) is 0 Å². The molecule has 0 fully saturated rings. The van der Waals surface area contributed by atoms with Crippen LogP contribution in [0.4, 0.5) is 18.2 Å². The van der Waals surface area contributed by atoms with Crippen LogP contribution >= 0.6 is 27.3 Å². The predicted octanol–water partition coefficient (Wildman–Crippen LogP) is 4.65. The number of rotatable bonds is 2. The highest BCUT2D eigenvalue weighted by Gasteiger charge is 2.35. The molecule has 0 aliphatic heterocycles. The summed E-state index contributed by atoms with van der Waals surface area (Å²) in [6.07, 6.45) is -4.65. The maximum atomic E-state index is 13.0. The van der Waals surface area contributed by atoms with Gasteiger partial charge in [-0.3, -0.25) is 4.79 Å². The normalized spacial score (nSPS) is 11.0. The summed E-state index contributed by atoms with van der Waals surface area (Å²) in [4.78, 5) is 12.0. The Balaban J connectivity index is 2.39. The van der Waals surface area contributed by atoms with E-state index in [1.807, 2.05) is 6.07 Å². The zero-order valence-corrected chi connectivity index (χ0v) is 12.6. The summed E-state index contributed by atoms with van der Waals surface area (Å²) < 4.78 is 39.1. The molecule has 1 aromatic heterocycles. The van der Waals surface area contributed by atoms with E-state index in [9.17, 15) is 18.0 Å². The summed E-state index contributed by atoms with van der Waals surface area (Å²) in [6.45, 7) is 0. The number of hydrogen-bond acceptors (Lipinski definition) is 3. The molecular weight excluding hydrogens is 369 g/mol. The zero-order valence-electron chi connectivity index (χ0n) is 10.2. The molecule has 0 aliphatic carbocycles. The number of anilines is 1. The fourth-order valence-electron chi connectivity index (χ4n) is 1.61. The Kier molecular flexibility index (Phi) is 4.34. The highest BCUT2D eigenvalue weighted by molar-refractivity contribution is 9.10. The zero-order chi connectivity index (χ0) is 15.6. The van der Waals surface area contributed by atoms with Crippen molar-refractivity contribution >= 4 is 38.2 Å². The van der Waals surface area contributed by atoms with E-state index in [1.165, 1.54) is 12.1 Å². The lowest BCUT2D eigenvalue weighted by molar-refractivity contribution is -0.137. The quantitative estimate of drug-likeness (QED) is 0.831. The molecule has 108 valence electrons. The second-order valence-electron chi connectivity index (χ2n) is 3.92. The van der Waals surface area contributed by atoms with Gasteiger partial charge in [0.2, 0.25) is 0 Å². The van der Waals surface area contributed by atoms with Crippen LogP contribution < -0.4 is 5.32 Å². The van der Waals surface area contributed by atoms with E-state index >= 15 is 0 Å². The van der Waals surface area contributed by atoms with Crippen molar-refractivity contribution in [2.45, 2.75) is 6.18 Å². The fourth-order valence-corrected chi connectivity index (χ4v) is 2.71. The van der Waals surface area contributed by atoms with Gasteiger partial charge in [0.1, 0.15) is 11.1 Å². The van der Waals surface area contributed by atoms with Crippen LogP contribution in [0.2, 0.25) is 0 Å². The average Bonchev–Trinajstić information content (AvgIpc) is 2.84. The maximum absolute atomic E-state index is 13.0. The van der Waals surface area contributed by atoms with Gasteiger partial charge in [-0.2, -0.15) is 18.4 Å². The number of carbonyl (C=O) groups excluding carboxylic acids is 1. The van der Waals surface area contributed by atoms with Crippen LogP contribution in [0.15, 0.2) is 34.1 Å². The molecule has 21 heavy (non-hydrogen) atoms. The molecule has 0 unspecified atom stereocenters. The minimum atomic E-state index is -4.65. The minimum absolute atomic E-state index is 0.207. The molecule has 1 aromatic carbocycles. The molecule has 1 heterocycles. The number of nitrogens with zero attached hydrogens (tertiary/aromatic N) is 1. The van der Waals surface area contributed by atoms with Gasteiger partial charge < -0.3 is 5.32 Å². The average molecular weight is 375 g/mol. The molecule has 2 rings (SSSR count). The molecular formula is C13H6BrF3N2OS. The van der Waals surface area contributed by atoms with E-state index in [1.54, 1.807) is 5.38 Å². The van der Waals surface area contributed by atoms with E-state index < -0.39 is 23.2 Å². The van der Waals surface area contributed by atoms with Crippen molar-refractivity contribution in [1.82, 2.24) is 0 Å². The van der Waals surface area contributed by atoms with Crippen molar-refractivity contribution in [2.24, 2.45) is 0 Å². The predicted molar refractivity (Wildman–Crippen MR) is 76.1 cm³/mol. The van der Waals surface area contributed by atoms with Crippen LogP contribution in [0, 0.1) is 11.3 Å². The van der Waals surface area contributed by atoms with Crippen LogP contribution in [0.3, 0.4) is 0 Å². The number of carbonyl (C=O) groups is 1. The van der Waals surface area contributed by atoms with Gasteiger partial charge in [-0.25, -0.2) is 0 Å². The molecule has 8 heteroatoms. The molecule has 0 saturated carbocycles. The first-order valence-corrected chi connectivity index (χ1v) is 7.16. The lowest BCUT2D eigenvalue weighted by Crippen LogP contribution is -2.18. The van der Waals surface area contributed by atoms with Gasteiger partial charge >= 0.3 is 6.18 Å². The molecule has 0 aliphatic rings. The van der Waals surface area contributed by atoms with E-state index in [-0.39, 0.29) is 15.0 Å². The summed E-state index contributed by atoms with van der Waals surface area (Å²) in [7, 11) is 0. The van der Waals surface area contributed by atoms with Gasteiger partial charge in [-0.15, -0.1) is 11.3 Å². The summed E-state index contributed by atoms with van der Waals surface area (Å²) in [5.41, 5.74) is -1.33. The van der Waals surface area contributed by atoms with Gasteiger partial charge in [-0.05, 0) is 29.6 Å². The van der Waals surface area contributed by atoms with Crippen LogP contribution in [-0.2, 0) is 6.18 Å². The fraction of sp³-hybridized carbons (Fsp3) is 0.0769. The third-order valence-electron chi connectivity index (χ3n) is 2.54. The van der Waals surface area contributed by atoms with Crippen LogP contribution in [0.1, 0.15) is 21.5 Å². The monoisotopic (exact) mass is 374 g/mol. The molecule has 0 atom stereocenters. The van der Waals surface area contributed by atoms with E-state index in [4.69, 9.17) is 5.26 Å². The Hall–Kier alpha value is -1.85. The SMILES string of the molecule is N#Cc1ccsc1NC(=O)c1ccc(Br)cc1C(F)(F)F. The van der Waals surface area contributed by atoms with Gasteiger partial charge in [0, 0.05) is 4.47 Å². The Morgan fingerprint density at radius 3 is 2.67 bits per heavy atom. The van der Waals surface area contributed by atoms with Crippen LogP contribution in [0.5, 0.6) is 0 Å². The smallest absolute Gasteiger partial charge is 0.312 e. The van der Waals surface area contributed by atoms with E-state index in [0.29, 0.717) is 0 Å². The van der Waals surface area contributed by atoms with E-state index in [0.717, 1.165) is 23.5 Å². The number of hydrogen-bond donors (Lipinski definition) is 1. The Morgan fingerprint density at radius 1 is 1.33 bits per heavy atom. The maximum Gasteiger partial charge on any atom is 0.417 e. The summed E-state index contributed by atoms with van der Waals surface area (Å²) >= 11 is 4.02. The van der Waals surface area contributed by atoms with Crippen molar-refractivity contribution in [1.29, 1.82) is 5.26 Å². The highest BCUT2D eigenvalue weighted by atomic mass is 79.9. The number of nitrogens with one attached hydrogen (secondary N) is 1. The molecule has 0 saturated heterocycles. The van der Waals surface area contributed by atoms with Crippen molar-refractivity contribution in [3.05, 3.63) is 50.8 Å². The molecule has 3 nitrogen and oxygen atoms in total. The topological polar surface area (TPSA) is 52.9 Å². The van der Waals surface area contributed by atoms with Gasteiger partial charge in [0.05, 0.1) is 16.7 Å². The van der Waals surface area contributed by atoms with Gasteiger partial charge in [-0.1, -0.05) is 15.9 Å². The second kappa shape index (κ2) is 5.87. The largest absolute Gasteiger partial charge is 0.417 e. The summed E-state index contributed by atoms with van der Waals surface area (Å²) in [5.74, 6) is -0.909. The standard InChI is InChI=1S/C13H6BrF3N2OS/c14-8-1-2-9(10(5-8)13(15,16)17)11(20)19-12-7(6-18)3-4-21-12/h1-5H,(H,19,20). The lowest BCUT2D eigenvalue weighted by atomic mass is 10.1. The van der Waals surface area contributed by atoms with E-state index in [2.05, 4.69) is 21.2 Å². The van der Waals surface area contributed by atoms with Gasteiger partial charge in [0.15, 0.2) is 0 Å². The Morgan fingerprint density at radius 2 is 2.05 bits per heavy atom.